The van der Waals surface area contributed by atoms with Gasteiger partial charge in [0.25, 0.3) is 5.56 Å². The molecule has 5 nitrogen and oxygen atoms in total. The summed E-state index contributed by atoms with van der Waals surface area (Å²) in [5.41, 5.74) is 0.193. The molecule has 1 heterocycles. The molecule has 1 aromatic carbocycles. The number of pyridine rings is 1. The second-order valence-corrected chi connectivity index (χ2v) is 5.95. The molecule has 0 fully saturated rings. The van der Waals surface area contributed by atoms with Crippen LogP contribution < -0.4 is 15.6 Å². The van der Waals surface area contributed by atoms with Gasteiger partial charge in [-0.2, -0.15) is 0 Å². The van der Waals surface area contributed by atoms with Gasteiger partial charge in [0, 0.05) is 21.8 Å². The van der Waals surface area contributed by atoms with Gasteiger partial charge in [-0.05, 0) is 47.1 Å². The molecule has 1 atom stereocenters. The van der Waals surface area contributed by atoms with Crippen LogP contribution in [0.15, 0.2) is 45.8 Å². The van der Waals surface area contributed by atoms with Crippen LogP contribution in [0.3, 0.4) is 0 Å². The number of anilines is 1. The number of methoxy groups -OCH3 is 1. The van der Waals surface area contributed by atoms with Gasteiger partial charge >= 0.3 is 0 Å². The topological polar surface area (TPSA) is 60.3 Å². The third kappa shape index (κ3) is 3.69. The molecule has 1 unspecified atom stereocenters. The minimum atomic E-state index is -0.686. The monoisotopic (exact) mass is 384 g/mol. The summed E-state index contributed by atoms with van der Waals surface area (Å²) in [4.78, 5) is 24.2. The van der Waals surface area contributed by atoms with Crippen molar-refractivity contribution in [1.29, 1.82) is 0 Å². The summed E-state index contributed by atoms with van der Waals surface area (Å²) in [5, 5.41) is 3.20. The van der Waals surface area contributed by atoms with Crippen molar-refractivity contribution in [1.82, 2.24) is 4.57 Å². The Labute approximate surface area is 141 Å². The molecule has 2 rings (SSSR count). The Morgan fingerprint density at radius 3 is 2.77 bits per heavy atom. The zero-order chi connectivity index (χ0) is 16.3. The van der Waals surface area contributed by atoms with Gasteiger partial charge in [-0.15, -0.1) is 0 Å². The standard InChI is InChI=1S/C15H14BrClN2O3/c1-9(19-8-10(16)3-6-14(19)20)15(21)18-12-7-11(17)4-5-13(12)22-2/h3-9H,1-2H3,(H,18,21). The smallest absolute Gasteiger partial charge is 0.251 e. The first kappa shape index (κ1) is 16.6. The minimum absolute atomic E-state index is 0.260. The van der Waals surface area contributed by atoms with E-state index in [4.69, 9.17) is 16.3 Å². The summed E-state index contributed by atoms with van der Waals surface area (Å²) in [6.07, 6.45) is 1.57. The van der Waals surface area contributed by atoms with Crippen molar-refractivity contribution in [3.05, 3.63) is 56.4 Å². The van der Waals surface area contributed by atoms with E-state index >= 15 is 0 Å². The molecule has 22 heavy (non-hydrogen) atoms. The number of nitrogens with one attached hydrogen (secondary N) is 1. The van der Waals surface area contributed by atoms with Gasteiger partial charge in [-0.3, -0.25) is 9.59 Å². The summed E-state index contributed by atoms with van der Waals surface area (Å²) in [7, 11) is 1.50. The molecule has 0 bridgehead atoms. The number of aromatic nitrogens is 1. The molecular formula is C15H14BrClN2O3. The van der Waals surface area contributed by atoms with Crippen molar-refractivity contribution in [2.75, 3.05) is 12.4 Å². The van der Waals surface area contributed by atoms with Crippen LogP contribution in [0.2, 0.25) is 5.02 Å². The fourth-order valence-corrected chi connectivity index (χ4v) is 2.45. The Morgan fingerprint density at radius 2 is 2.09 bits per heavy atom. The molecule has 0 spiro atoms. The molecule has 0 aliphatic rings. The molecule has 0 saturated heterocycles. The Morgan fingerprint density at radius 1 is 1.36 bits per heavy atom. The van der Waals surface area contributed by atoms with Crippen LogP contribution in [0.5, 0.6) is 5.75 Å². The average molecular weight is 386 g/mol. The van der Waals surface area contributed by atoms with Crippen molar-refractivity contribution in [3.63, 3.8) is 0 Å². The van der Waals surface area contributed by atoms with E-state index in [0.717, 1.165) is 0 Å². The van der Waals surface area contributed by atoms with E-state index in [1.54, 1.807) is 37.4 Å². The summed E-state index contributed by atoms with van der Waals surface area (Å²) in [6, 6.07) is 7.26. The lowest BCUT2D eigenvalue weighted by molar-refractivity contribution is -0.118. The number of carbonyl (C=O) groups excluding carboxylic acids is 1. The number of carbonyl (C=O) groups is 1. The van der Waals surface area contributed by atoms with Crippen molar-refractivity contribution >= 4 is 39.1 Å². The van der Waals surface area contributed by atoms with E-state index in [-0.39, 0.29) is 11.5 Å². The van der Waals surface area contributed by atoms with Crippen LogP contribution in [0, 0.1) is 0 Å². The van der Waals surface area contributed by atoms with Crippen molar-refractivity contribution in [2.45, 2.75) is 13.0 Å². The molecule has 0 saturated carbocycles. The van der Waals surface area contributed by atoms with Gasteiger partial charge in [-0.1, -0.05) is 11.6 Å². The lowest BCUT2D eigenvalue weighted by Gasteiger charge is -2.17. The second-order valence-electron chi connectivity index (χ2n) is 4.60. The summed E-state index contributed by atoms with van der Waals surface area (Å²) < 4.78 is 7.24. The zero-order valence-corrected chi connectivity index (χ0v) is 14.3. The van der Waals surface area contributed by atoms with E-state index < -0.39 is 6.04 Å². The molecule has 1 N–H and O–H groups in total. The molecule has 7 heteroatoms. The predicted molar refractivity (Wildman–Crippen MR) is 89.7 cm³/mol. The van der Waals surface area contributed by atoms with Crippen molar-refractivity contribution in [3.8, 4) is 5.75 Å². The maximum absolute atomic E-state index is 12.4. The number of ether oxygens (including phenoxy) is 1. The number of nitrogens with zero attached hydrogens (tertiary/aromatic N) is 1. The lowest BCUT2D eigenvalue weighted by Crippen LogP contribution is -2.31. The van der Waals surface area contributed by atoms with Crippen LogP contribution in [-0.4, -0.2) is 17.6 Å². The maximum Gasteiger partial charge on any atom is 0.251 e. The fraction of sp³-hybridized carbons (Fsp3) is 0.200. The van der Waals surface area contributed by atoms with Crippen molar-refractivity contribution < 1.29 is 9.53 Å². The quantitative estimate of drug-likeness (QED) is 0.876. The zero-order valence-electron chi connectivity index (χ0n) is 12.0. The molecule has 2 aromatic rings. The normalized spacial score (nSPS) is 11.8. The summed E-state index contributed by atoms with van der Waals surface area (Å²) in [5.74, 6) is 0.146. The number of rotatable bonds is 4. The first-order valence-electron chi connectivity index (χ1n) is 6.44. The fourth-order valence-electron chi connectivity index (χ4n) is 1.92. The van der Waals surface area contributed by atoms with E-state index in [2.05, 4.69) is 21.2 Å². The highest BCUT2D eigenvalue weighted by Gasteiger charge is 2.18. The predicted octanol–water partition coefficient (Wildman–Crippen LogP) is 3.47. The molecule has 0 aliphatic heterocycles. The number of benzene rings is 1. The Bertz CT molecular complexity index is 761. The molecule has 116 valence electrons. The van der Waals surface area contributed by atoms with Crippen LogP contribution in [-0.2, 0) is 4.79 Å². The van der Waals surface area contributed by atoms with Crippen LogP contribution in [0.25, 0.3) is 0 Å². The van der Waals surface area contributed by atoms with E-state index in [9.17, 15) is 9.59 Å². The molecule has 1 aromatic heterocycles. The highest BCUT2D eigenvalue weighted by Crippen LogP contribution is 2.28. The number of hydrogen-bond acceptors (Lipinski definition) is 3. The molecular weight excluding hydrogens is 372 g/mol. The maximum atomic E-state index is 12.4. The number of halogens is 2. The Balaban J connectivity index is 2.27. The van der Waals surface area contributed by atoms with Gasteiger partial charge in [0.05, 0.1) is 12.8 Å². The lowest BCUT2D eigenvalue weighted by atomic mass is 10.2. The van der Waals surface area contributed by atoms with Gasteiger partial charge in [0.2, 0.25) is 5.91 Å². The third-order valence-corrected chi connectivity index (χ3v) is 3.82. The Kier molecular flexibility index (Phi) is 5.26. The minimum Gasteiger partial charge on any atom is -0.495 e. The van der Waals surface area contributed by atoms with Gasteiger partial charge in [0.1, 0.15) is 11.8 Å². The molecule has 0 radical (unpaired) electrons. The molecule has 1 amide bonds. The largest absolute Gasteiger partial charge is 0.495 e. The highest BCUT2D eigenvalue weighted by molar-refractivity contribution is 9.10. The Hall–Kier alpha value is -1.79. The van der Waals surface area contributed by atoms with E-state index in [0.29, 0.717) is 20.9 Å². The highest BCUT2D eigenvalue weighted by atomic mass is 79.9. The summed E-state index contributed by atoms with van der Waals surface area (Å²) >= 11 is 9.22. The van der Waals surface area contributed by atoms with Gasteiger partial charge < -0.3 is 14.6 Å². The SMILES string of the molecule is COc1ccc(Cl)cc1NC(=O)C(C)n1cc(Br)ccc1=O. The average Bonchev–Trinajstić information content (AvgIpc) is 2.49. The van der Waals surface area contributed by atoms with Crippen molar-refractivity contribution in [2.24, 2.45) is 0 Å². The number of hydrogen-bond donors (Lipinski definition) is 1. The van der Waals surface area contributed by atoms with E-state index in [1.165, 1.54) is 17.7 Å². The van der Waals surface area contributed by atoms with Crippen LogP contribution in [0.4, 0.5) is 5.69 Å². The molecule has 0 aliphatic carbocycles. The van der Waals surface area contributed by atoms with Gasteiger partial charge in [0.15, 0.2) is 0 Å². The second kappa shape index (κ2) is 6.98. The van der Waals surface area contributed by atoms with E-state index in [1.807, 2.05) is 0 Å². The van der Waals surface area contributed by atoms with Crippen LogP contribution in [0.1, 0.15) is 13.0 Å². The number of amides is 1. The van der Waals surface area contributed by atoms with Gasteiger partial charge in [-0.25, -0.2) is 0 Å². The third-order valence-electron chi connectivity index (χ3n) is 3.12. The first-order valence-corrected chi connectivity index (χ1v) is 7.61. The summed E-state index contributed by atoms with van der Waals surface area (Å²) in [6.45, 7) is 1.64. The van der Waals surface area contributed by atoms with Crippen LogP contribution >= 0.6 is 27.5 Å². The first-order chi connectivity index (χ1) is 10.4.